The van der Waals surface area contributed by atoms with Gasteiger partial charge in [0.2, 0.25) is 0 Å². The molecule has 0 saturated heterocycles. The Hall–Kier alpha value is -0.595. The van der Waals surface area contributed by atoms with E-state index in [4.69, 9.17) is 24.6 Å². The highest BCUT2D eigenvalue weighted by molar-refractivity contribution is 9.10. The number of thiophene rings is 1. The van der Waals surface area contributed by atoms with Crippen molar-refractivity contribution in [3.63, 3.8) is 0 Å². The molecule has 1 saturated carbocycles. The summed E-state index contributed by atoms with van der Waals surface area (Å²) in [6, 6.07) is 1.99. The predicted octanol–water partition coefficient (Wildman–Crippen LogP) is 5.41. The number of carbonyl (C=O) groups is 1. The Balaban J connectivity index is 1.88. The van der Waals surface area contributed by atoms with Crippen LogP contribution in [0.2, 0.25) is 10.7 Å². The molecule has 0 aliphatic heterocycles. The summed E-state index contributed by atoms with van der Waals surface area (Å²) in [6.45, 7) is 0. The second-order valence-electron chi connectivity index (χ2n) is 7.86. The van der Waals surface area contributed by atoms with E-state index in [1.807, 2.05) is 30.4 Å². The number of unbranched alkanes of at least 4 members (excludes halogenated alkanes) is 1. The third-order valence-corrected chi connectivity index (χ3v) is 8.19. The van der Waals surface area contributed by atoms with E-state index in [2.05, 4.69) is 15.9 Å². The molecule has 1 fully saturated rings. The van der Waals surface area contributed by atoms with Crippen LogP contribution < -0.4 is 0 Å². The van der Waals surface area contributed by atoms with Crippen LogP contribution in [0.15, 0.2) is 34.8 Å². The normalized spacial score (nSPS) is 25.5. The molecule has 3 N–H and O–H groups in total. The summed E-state index contributed by atoms with van der Waals surface area (Å²) < 4.78 is 1.61. The highest BCUT2D eigenvalue weighted by Gasteiger charge is 2.39. The molecule has 1 aliphatic carbocycles. The molecular formula is C22H29BBrClO4S. The van der Waals surface area contributed by atoms with Gasteiger partial charge in [0.15, 0.2) is 0 Å². The van der Waals surface area contributed by atoms with Crippen LogP contribution in [0.5, 0.6) is 0 Å². The lowest BCUT2D eigenvalue weighted by Gasteiger charge is -2.21. The molecular weight excluding hydrogens is 486 g/mol. The maximum absolute atomic E-state index is 10.6. The number of hydrogen-bond acceptors (Lipinski definition) is 4. The number of aliphatic hydroxyl groups is 2. The zero-order chi connectivity index (χ0) is 22.1. The minimum absolute atomic E-state index is 0.0600. The molecule has 164 valence electrons. The van der Waals surface area contributed by atoms with Crippen molar-refractivity contribution in [3.8, 4) is 0 Å². The first-order valence-corrected chi connectivity index (χ1v) is 12.4. The highest BCUT2D eigenvalue weighted by Crippen LogP contribution is 2.42. The van der Waals surface area contributed by atoms with Crippen molar-refractivity contribution >= 4 is 52.7 Å². The lowest BCUT2D eigenvalue weighted by Crippen LogP contribution is -2.19. The summed E-state index contributed by atoms with van der Waals surface area (Å²) in [5.74, 6) is -0.404. The van der Waals surface area contributed by atoms with Crippen LogP contribution in [-0.2, 0) is 11.2 Å². The largest absolute Gasteiger partial charge is 0.481 e. The van der Waals surface area contributed by atoms with E-state index in [-0.39, 0.29) is 24.2 Å². The van der Waals surface area contributed by atoms with Gasteiger partial charge in [-0.05, 0) is 78.3 Å². The Kier molecular flexibility index (Phi) is 11.2. The molecule has 1 aliphatic rings. The van der Waals surface area contributed by atoms with Crippen molar-refractivity contribution in [2.75, 3.05) is 0 Å². The maximum Gasteiger partial charge on any atom is 0.303 e. The Labute approximate surface area is 197 Å². The van der Waals surface area contributed by atoms with Crippen LogP contribution in [0.4, 0.5) is 0 Å². The number of aliphatic carboxylic acids is 1. The zero-order valence-electron chi connectivity index (χ0n) is 16.9. The molecule has 1 unspecified atom stereocenters. The van der Waals surface area contributed by atoms with E-state index in [1.165, 1.54) is 11.3 Å². The minimum atomic E-state index is -0.779. The van der Waals surface area contributed by atoms with Crippen molar-refractivity contribution in [2.24, 2.45) is 17.8 Å². The Bertz CT molecular complexity index is 719. The van der Waals surface area contributed by atoms with Gasteiger partial charge in [-0.3, -0.25) is 4.79 Å². The van der Waals surface area contributed by atoms with Crippen molar-refractivity contribution in [3.05, 3.63) is 44.1 Å². The monoisotopic (exact) mass is 514 g/mol. The molecule has 1 heterocycles. The first-order chi connectivity index (χ1) is 14.3. The second-order valence-corrected chi connectivity index (χ2v) is 10.5. The standard InChI is InChI=1S/C22H29BBrClO4S/c23-13-14-11-20(27)18(5-3-1-2-4-6-21(28)29)17(14)10-8-15(26)7-9-16-12-19(24)22(25)30-16/h1,3,8,10,12,14-15,17-18,20,26-27H,2,4-7,9,11,13H2,(H,28,29)/b3-1-,10-8+/t14-,15-,17-,18+,20?/m0/s1. The lowest BCUT2D eigenvalue weighted by molar-refractivity contribution is -0.137. The average Bonchev–Trinajstić information content (AvgIpc) is 3.19. The Morgan fingerprint density at radius 3 is 2.83 bits per heavy atom. The van der Waals surface area contributed by atoms with Gasteiger partial charge in [0, 0.05) is 15.8 Å². The van der Waals surface area contributed by atoms with Gasteiger partial charge in [-0.25, -0.2) is 0 Å². The Morgan fingerprint density at radius 1 is 1.43 bits per heavy atom. The molecule has 0 spiro atoms. The number of aryl methyl sites for hydroxylation is 1. The molecule has 4 nitrogen and oxygen atoms in total. The van der Waals surface area contributed by atoms with Gasteiger partial charge in [0.25, 0.3) is 0 Å². The van der Waals surface area contributed by atoms with Gasteiger partial charge in [0.1, 0.15) is 4.34 Å². The topological polar surface area (TPSA) is 77.8 Å². The molecule has 1 aromatic heterocycles. The van der Waals surface area contributed by atoms with E-state index in [1.54, 1.807) is 0 Å². The van der Waals surface area contributed by atoms with Crippen LogP contribution in [0.1, 0.15) is 43.4 Å². The third-order valence-electron chi connectivity index (χ3n) is 5.65. The Morgan fingerprint density at radius 2 is 2.20 bits per heavy atom. The molecule has 2 radical (unpaired) electrons. The fraction of sp³-hybridized carbons (Fsp3) is 0.591. The zero-order valence-corrected chi connectivity index (χ0v) is 20.1. The smallest absolute Gasteiger partial charge is 0.303 e. The van der Waals surface area contributed by atoms with Crippen LogP contribution in [0.3, 0.4) is 0 Å². The van der Waals surface area contributed by atoms with Crippen LogP contribution >= 0.6 is 38.9 Å². The summed E-state index contributed by atoms with van der Waals surface area (Å²) in [7, 11) is 5.93. The molecule has 8 heteroatoms. The van der Waals surface area contributed by atoms with Crippen molar-refractivity contribution < 1.29 is 20.1 Å². The summed E-state index contributed by atoms with van der Waals surface area (Å²) in [5.41, 5.74) is 0. The summed E-state index contributed by atoms with van der Waals surface area (Å²) in [6.07, 6.45) is 11.7. The molecule has 1 aromatic rings. The molecule has 0 aromatic carbocycles. The second kappa shape index (κ2) is 13.1. The van der Waals surface area contributed by atoms with Crippen molar-refractivity contribution in [1.29, 1.82) is 0 Å². The molecule has 5 atom stereocenters. The SMILES string of the molecule is [B]C[C@@H]1CC(O)[C@H](C/C=C\CCCC(=O)O)[C@H]1/C=C/[C@@H](O)CCc1cc(Br)c(Cl)s1. The van der Waals surface area contributed by atoms with Gasteiger partial charge in [-0.15, -0.1) is 11.3 Å². The van der Waals surface area contributed by atoms with Gasteiger partial charge in [0.05, 0.1) is 20.1 Å². The number of rotatable bonds is 12. The van der Waals surface area contributed by atoms with Crippen LogP contribution in [0.25, 0.3) is 0 Å². The summed E-state index contributed by atoms with van der Waals surface area (Å²) in [4.78, 5) is 11.7. The molecule has 0 amide bonds. The molecule has 30 heavy (non-hydrogen) atoms. The predicted molar refractivity (Wildman–Crippen MR) is 127 cm³/mol. The number of hydrogen-bond donors (Lipinski definition) is 3. The van der Waals surface area contributed by atoms with Gasteiger partial charge in [-0.1, -0.05) is 42.2 Å². The van der Waals surface area contributed by atoms with Crippen LogP contribution in [-0.4, -0.2) is 41.3 Å². The number of halogens is 2. The first kappa shape index (κ1) is 25.7. The van der Waals surface area contributed by atoms with E-state index < -0.39 is 18.2 Å². The highest BCUT2D eigenvalue weighted by atomic mass is 79.9. The number of carboxylic acid groups (broad SMARTS) is 1. The quantitative estimate of drug-likeness (QED) is 0.197. The fourth-order valence-electron chi connectivity index (χ4n) is 4.02. The third kappa shape index (κ3) is 8.15. The first-order valence-electron chi connectivity index (χ1n) is 10.4. The number of carboxylic acids is 1. The van der Waals surface area contributed by atoms with E-state index >= 15 is 0 Å². The van der Waals surface area contributed by atoms with E-state index in [0.29, 0.717) is 25.6 Å². The lowest BCUT2D eigenvalue weighted by atomic mass is 9.80. The molecule has 2 rings (SSSR count). The maximum atomic E-state index is 10.6. The van der Waals surface area contributed by atoms with E-state index in [0.717, 1.165) is 32.9 Å². The summed E-state index contributed by atoms with van der Waals surface area (Å²) >= 11 is 11.0. The van der Waals surface area contributed by atoms with Gasteiger partial charge >= 0.3 is 5.97 Å². The molecule has 0 bridgehead atoms. The minimum Gasteiger partial charge on any atom is -0.481 e. The van der Waals surface area contributed by atoms with Crippen LogP contribution in [0, 0.1) is 17.8 Å². The van der Waals surface area contributed by atoms with Crippen molar-refractivity contribution in [2.45, 2.75) is 63.5 Å². The average molecular weight is 516 g/mol. The fourth-order valence-corrected chi connectivity index (χ4v) is 5.82. The summed E-state index contributed by atoms with van der Waals surface area (Å²) in [5, 5.41) is 29.6. The van der Waals surface area contributed by atoms with Gasteiger partial charge < -0.3 is 15.3 Å². The number of aliphatic hydroxyl groups excluding tert-OH is 2. The van der Waals surface area contributed by atoms with Crippen molar-refractivity contribution in [1.82, 2.24) is 0 Å². The van der Waals surface area contributed by atoms with Gasteiger partial charge in [-0.2, -0.15) is 0 Å². The number of allylic oxidation sites excluding steroid dienone is 3. The van der Waals surface area contributed by atoms with E-state index in [9.17, 15) is 15.0 Å².